The van der Waals surface area contributed by atoms with Gasteiger partial charge >= 0.3 is 0 Å². The maximum absolute atomic E-state index is 12.8. The van der Waals surface area contributed by atoms with E-state index in [9.17, 15) is 9.59 Å². The topological polar surface area (TPSA) is 90.0 Å². The molecule has 1 unspecified atom stereocenters. The molecule has 0 radical (unpaired) electrons. The molecular formula is C24H22N4O3S. The number of aryl methyl sites for hydroxylation is 1. The van der Waals surface area contributed by atoms with Crippen LogP contribution in [0.1, 0.15) is 30.0 Å². The third-order valence-corrected chi connectivity index (χ3v) is 6.00. The van der Waals surface area contributed by atoms with Crippen LogP contribution in [0.5, 0.6) is 0 Å². The van der Waals surface area contributed by atoms with Crippen molar-refractivity contribution in [3.05, 3.63) is 78.3 Å². The SMILES string of the molecule is CC(=O)c1ccc(NC(=O)C(C)Sc2nnc(-c3ccoc3C)n2-c2ccccc2)cc1. The molecule has 7 nitrogen and oxygen atoms in total. The number of thioether (sulfide) groups is 1. The van der Waals surface area contributed by atoms with E-state index in [-0.39, 0.29) is 11.7 Å². The van der Waals surface area contributed by atoms with Crippen molar-refractivity contribution >= 4 is 29.1 Å². The van der Waals surface area contributed by atoms with Crippen molar-refractivity contribution < 1.29 is 14.0 Å². The number of hydrogen-bond acceptors (Lipinski definition) is 6. The fourth-order valence-electron chi connectivity index (χ4n) is 3.19. The summed E-state index contributed by atoms with van der Waals surface area (Å²) in [6, 6.07) is 18.4. The molecule has 0 spiro atoms. The molecule has 0 fully saturated rings. The number of Topliss-reactive ketones (excluding diaryl/α,β-unsaturated/α-hetero) is 1. The zero-order valence-corrected chi connectivity index (χ0v) is 18.7. The molecule has 0 aliphatic rings. The van der Waals surface area contributed by atoms with Crippen molar-refractivity contribution in [3.63, 3.8) is 0 Å². The molecule has 4 rings (SSSR count). The van der Waals surface area contributed by atoms with Crippen LogP contribution in [0.15, 0.2) is 76.5 Å². The molecule has 0 saturated carbocycles. The summed E-state index contributed by atoms with van der Waals surface area (Å²) in [5.41, 5.74) is 2.97. The largest absolute Gasteiger partial charge is 0.469 e. The molecular weight excluding hydrogens is 424 g/mol. The Labute approximate surface area is 189 Å². The smallest absolute Gasteiger partial charge is 0.237 e. The molecule has 0 aliphatic carbocycles. The van der Waals surface area contributed by atoms with Gasteiger partial charge in [-0.1, -0.05) is 30.0 Å². The number of anilines is 1. The van der Waals surface area contributed by atoms with Gasteiger partial charge in [-0.25, -0.2) is 0 Å². The number of aromatic nitrogens is 3. The maximum atomic E-state index is 12.8. The van der Waals surface area contributed by atoms with Gasteiger partial charge in [0.1, 0.15) is 5.76 Å². The van der Waals surface area contributed by atoms with Gasteiger partial charge in [0.15, 0.2) is 16.8 Å². The van der Waals surface area contributed by atoms with Crippen molar-refractivity contribution in [1.82, 2.24) is 14.8 Å². The summed E-state index contributed by atoms with van der Waals surface area (Å²) in [6.45, 7) is 5.20. The van der Waals surface area contributed by atoms with Crippen LogP contribution < -0.4 is 5.32 Å². The third-order valence-electron chi connectivity index (χ3n) is 4.96. The first-order valence-electron chi connectivity index (χ1n) is 10.1. The number of amides is 1. The number of nitrogens with zero attached hydrogens (tertiary/aromatic N) is 3. The summed E-state index contributed by atoms with van der Waals surface area (Å²) < 4.78 is 7.38. The lowest BCUT2D eigenvalue weighted by Crippen LogP contribution is -2.23. The van der Waals surface area contributed by atoms with Gasteiger partial charge in [0, 0.05) is 16.9 Å². The number of rotatable bonds is 7. The van der Waals surface area contributed by atoms with Crippen LogP contribution in [-0.2, 0) is 4.79 Å². The Morgan fingerprint density at radius 2 is 1.75 bits per heavy atom. The van der Waals surface area contributed by atoms with E-state index in [4.69, 9.17) is 4.42 Å². The first-order chi connectivity index (χ1) is 15.4. The molecule has 162 valence electrons. The fourth-order valence-corrected chi connectivity index (χ4v) is 4.06. The van der Waals surface area contributed by atoms with Crippen molar-refractivity contribution in [2.45, 2.75) is 31.2 Å². The number of nitrogens with one attached hydrogen (secondary N) is 1. The lowest BCUT2D eigenvalue weighted by molar-refractivity contribution is -0.115. The van der Waals surface area contributed by atoms with Gasteiger partial charge in [0.2, 0.25) is 5.91 Å². The molecule has 1 N–H and O–H groups in total. The van der Waals surface area contributed by atoms with Gasteiger partial charge in [0.05, 0.1) is 17.1 Å². The van der Waals surface area contributed by atoms with Crippen LogP contribution >= 0.6 is 11.8 Å². The number of benzene rings is 2. The number of para-hydroxylation sites is 1. The van der Waals surface area contributed by atoms with Crippen molar-refractivity contribution in [2.75, 3.05) is 5.32 Å². The summed E-state index contributed by atoms with van der Waals surface area (Å²) in [6.07, 6.45) is 1.62. The molecule has 0 bridgehead atoms. The lowest BCUT2D eigenvalue weighted by Gasteiger charge is -2.14. The molecule has 32 heavy (non-hydrogen) atoms. The number of furan rings is 1. The summed E-state index contributed by atoms with van der Waals surface area (Å²) >= 11 is 1.32. The second-order valence-electron chi connectivity index (χ2n) is 7.25. The molecule has 4 aromatic rings. The Kier molecular flexibility index (Phi) is 6.23. The molecule has 2 aromatic carbocycles. The zero-order chi connectivity index (χ0) is 22.7. The summed E-state index contributed by atoms with van der Waals surface area (Å²) in [5.74, 6) is 1.20. The number of ketones is 1. The normalized spacial score (nSPS) is 11.8. The van der Waals surface area contributed by atoms with E-state index in [0.717, 1.165) is 17.0 Å². The molecule has 1 atom stereocenters. The standard InChI is InChI=1S/C24H22N4O3S/c1-15(29)18-9-11-19(12-10-18)25-23(30)17(3)32-24-27-26-22(21-13-14-31-16(21)2)28(24)20-7-5-4-6-8-20/h4-14,17H,1-3H3,(H,25,30). The Morgan fingerprint density at radius 1 is 1.03 bits per heavy atom. The predicted octanol–water partition coefficient (Wildman–Crippen LogP) is 5.16. The van der Waals surface area contributed by atoms with E-state index in [1.54, 1.807) is 30.5 Å². The highest BCUT2D eigenvalue weighted by Gasteiger charge is 2.23. The first kappa shape index (κ1) is 21.6. The monoisotopic (exact) mass is 446 g/mol. The average Bonchev–Trinajstić information content (AvgIpc) is 3.40. The number of hydrogen-bond donors (Lipinski definition) is 1. The average molecular weight is 447 g/mol. The molecule has 2 heterocycles. The number of carbonyl (C=O) groups excluding carboxylic acids is 2. The van der Waals surface area contributed by atoms with Crippen LogP contribution in [-0.4, -0.2) is 31.7 Å². The van der Waals surface area contributed by atoms with E-state index >= 15 is 0 Å². The Hall–Kier alpha value is -3.65. The van der Waals surface area contributed by atoms with E-state index in [1.807, 2.05) is 54.8 Å². The molecule has 1 amide bonds. The van der Waals surface area contributed by atoms with Crippen LogP contribution in [0.4, 0.5) is 5.69 Å². The van der Waals surface area contributed by atoms with Crippen molar-refractivity contribution in [3.8, 4) is 17.1 Å². The van der Waals surface area contributed by atoms with Gasteiger partial charge in [0.25, 0.3) is 0 Å². The zero-order valence-electron chi connectivity index (χ0n) is 17.9. The second kappa shape index (κ2) is 9.23. The molecule has 0 saturated heterocycles. The highest BCUT2D eigenvalue weighted by atomic mass is 32.2. The van der Waals surface area contributed by atoms with E-state index in [1.165, 1.54) is 18.7 Å². The van der Waals surface area contributed by atoms with E-state index in [2.05, 4.69) is 15.5 Å². The van der Waals surface area contributed by atoms with Gasteiger partial charge < -0.3 is 9.73 Å². The highest BCUT2D eigenvalue weighted by Crippen LogP contribution is 2.32. The van der Waals surface area contributed by atoms with Crippen LogP contribution in [0.2, 0.25) is 0 Å². The quantitative estimate of drug-likeness (QED) is 0.312. The second-order valence-corrected chi connectivity index (χ2v) is 8.56. The molecule has 0 aliphatic heterocycles. The lowest BCUT2D eigenvalue weighted by atomic mass is 10.1. The maximum Gasteiger partial charge on any atom is 0.237 e. The van der Waals surface area contributed by atoms with Gasteiger partial charge in [-0.05, 0) is 63.2 Å². The minimum Gasteiger partial charge on any atom is -0.469 e. The van der Waals surface area contributed by atoms with Crippen LogP contribution in [0.3, 0.4) is 0 Å². The van der Waals surface area contributed by atoms with Crippen molar-refractivity contribution in [2.24, 2.45) is 0 Å². The van der Waals surface area contributed by atoms with Gasteiger partial charge in [-0.15, -0.1) is 10.2 Å². The van der Waals surface area contributed by atoms with Crippen molar-refractivity contribution in [1.29, 1.82) is 0 Å². The highest BCUT2D eigenvalue weighted by molar-refractivity contribution is 8.00. The molecule has 8 heteroatoms. The van der Waals surface area contributed by atoms with Crippen LogP contribution in [0, 0.1) is 6.92 Å². The fraction of sp³-hybridized carbons (Fsp3) is 0.167. The Morgan fingerprint density at radius 3 is 2.38 bits per heavy atom. The summed E-state index contributed by atoms with van der Waals surface area (Å²) in [4.78, 5) is 24.2. The van der Waals surface area contributed by atoms with E-state index in [0.29, 0.717) is 22.2 Å². The van der Waals surface area contributed by atoms with Gasteiger partial charge in [-0.3, -0.25) is 14.2 Å². The summed E-state index contributed by atoms with van der Waals surface area (Å²) in [5, 5.41) is 11.8. The van der Waals surface area contributed by atoms with Crippen LogP contribution in [0.25, 0.3) is 17.1 Å². The summed E-state index contributed by atoms with van der Waals surface area (Å²) in [7, 11) is 0. The number of carbonyl (C=O) groups is 2. The van der Waals surface area contributed by atoms with E-state index < -0.39 is 5.25 Å². The minimum absolute atomic E-state index is 0.0179. The first-order valence-corrected chi connectivity index (χ1v) is 11.0. The minimum atomic E-state index is -0.438. The third kappa shape index (κ3) is 4.50. The predicted molar refractivity (Wildman–Crippen MR) is 124 cm³/mol. The molecule has 2 aromatic heterocycles. The Balaban J connectivity index is 1.58. The van der Waals surface area contributed by atoms with Gasteiger partial charge in [-0.2, -0.15) is 0 Å². The Bertz CT molecular complexity index is 1250.